The fourth-order valence-corrected chi connectivity index (χ4v) is 4.02. The second-order valence-electron chi connectivity index (χ2n) is 6.47. The first kappa shape index (κ1) is 17.3. The Labute approximate surface area is 138 Å². The van der Waals surface area contributed by atoms with Gasteiger partial charge in [-0.05, 0) is 49.4 Å². The molecule has 122 valence electrons. The summed E-state index contributed by atoms with van der Waals surface area (Å²) < 4.78 is 13.2. The molecule has 1 heterocycles. The number of amidine groups is 1. The van der Waals surface area contributed by atoms with E-state index in [1.54, 1.807) is 12.1 Å². The molecule has 1 aromatic rings. The van der Waals surface area contributed by atoms with Crippen LogP contribution in [0.25, 0.3) is 0 Å². The lowest BCUT2D eigenvalue weighted by Gasteiger charge is -2.27. The van der Waals surface area contributed by atoms with Gasteiger partial charge in [0.2, 0.25) is 0 Å². The summed E-state index contributed by atoms with van der Waals surface area (Å²) in [6.45, 7) is 9.77. The second kappa shape index (κ2) is 8.00. The molecule has 22 heavy (non-hydrogen) atoms. The van der Waals surface area contributed by atoms with Crippen LogP contribution in [0.15, 0.2) is 23.2 Å². The molecule has 0 bridgehead atoms. The maximum absolute atomic E-state index is 13.2. The Kier molecular flexibility index (Phi) is 6.30. The first-order valence-electron chi connectivity index (χ1n) is 8.25. The number of benzene rings is 1. The Morgan fingerprint density at radius 1 is 1.41 bits per heavy atom. The zero-order valence-corrected chi connectivity index (χ0v) is 14.9. The van der Waals surface area contributed by atoms with Crippen LogP contribution < -0.4 is 0 Å². The van der Waals surface area contributed by atoms with Gasteiger partial charge in [0.15, 0.2) is 5.17 Å². The van der Waals surface area contributed by atoms with E-state index >= 15 is 0 Å². The summed E-state index contributed by atoms with van der Waals surface area (Å²) in [7, 11) is 0. The van der Waals surface area contributed by atoms with Gasteiger partial charge in [-0.1, -0.05) is 39.0 Å². The molecule has 1 fully saturated rings. The number of thioether (sulfide) groups is 1. The molecule has 1 unspecified atom stereocenters. The van der Waals surface area contributed by atoms with Crippen LogP contribution in [0, 0.1) is 18.7 Å². The van der Waals surface area contributed by atoms with E-state index in [1.807, 2.05) is 18.7 Å². The predicted molar refractivity (Wildman–Crippen MR) is 95.5 cm³/mol. The zero-order chi connectivity index (χ0) is 16.1. The molecule has 2 rings (SSSR count). The Morgan fingerprint density at radius 3 is 2.82 bits per heavy atom. The van der Waals surface area contributed by atoms with Crippen molar-refractivity contribution in [2.75, 3.05) is 12.3 Å². The first-order valence-corrected chi connectivity index (χ1v) is 9.24. The number of hydrogen-bond acceptors (Lipinski definition) is 2. The van der Waals surface area contributed by atoms with Crippen molar-refractivity contribution in [2.45, 2.75) is 53.0 Å². The van der Waals surface area contributed by atoms with Crippen LogP contribution >= 0.6 is 11.8 Å². The summed E-state index contributed by atoms with van der Waals surface area (Å²) in [5, 5.41) is 1.11. The van der Waals surface area contributed by atoms with E-state index in [2.05, 4.69) is 25.7 Å². The van der Waals surface area contributed by atoms with Gasteiger partial charge in [-0.2, -0.15) is 0 Å². The SMILES string of the molecule is CCCCN1C(=Nc2ccc(F)cc2C)SCC1CC(C)C. The lowest BCUT2D eigenvalue weighted by molar-refractivity contribution is 0.302. The highest BCUT2D eigenvalue weighted by atomic mass is 32.2. The topological polar surface area (TPSA) is 15.6 Å². The summed E-state index contributed by atoms with van der Waals surface area (Å²) in [6.07, 6.45) is 3.59. The first-order chi connectivity index (χ1) is 10.5. The van der Waals surface area contributed by atoms with E-state index in [0.29, 0.717) is 12.0 Å². The molecule has 4 heteroatoms. The highest BCUT2D eigenvalue weighted by Gasteiger charge is 2.30. The Balaban J connectivity index is 2.21. The van der Waals surface area contributed by atoms with E-state index in [0.717, 1.165) is 28.7 Å². The minimum Gasteiger partial charge on any atom is -0.347 e. The number of unbranched alkanes of at least 4 members (excludes halogenated alkanes) is 1. The maximum atomic E-state index is 13.2. The summed E-state index contributed by atoms with van der Waals surface area (Å²) in [5.41, 5.74) is 1.78. The van der Waals surface area contributed by atoms with Gasteiger partial charge in [-0.3, -0.25) is 0 Å². The molecule has 1 atom stereocenters. The van der Waals surface area contributed by atoms with Gasteiger partial charge in [-0.15, -0.1) is 0 Å². The minimum atomic E-state index is -0.193. The molecule has 1 aromatic carbocycles. The summed E-state index contributed by atoms with van der Waals surface area (Å²) >= 11 is 1.84. The van der Waals surface area contributed by atoms with Crippen LogP contribution in [0.1, 0.15) is 45.6 Å². The van der Waals surface area contributed by atoms with Crippen LogP contribution in [0.2, 0.25) is 0 Å². The van der Waals surface area contributed by atoms with E-state index in [9.17, 15) is 4.39 Å². The van der Waals surface area contributed by atoms with Gasteiger partial charge in [0.1, 0.15) is 5.82 Å². The van der Waals surface area contributed by atoms with Crippen LogP contribution in [0.3, 0.4) is 0 Å². The lowest BCUT2D eigenvalue weighted by Crippen LogP contribution is -2.35. The van der Waals surface area contributed by atoms with E-state index in [-0.39, 0.29) is 5.82 Å². The molecular formula is C18H27FN2S. The van der Waals surface area contributed by atoms with Gasteiger partial charge in [0.05, 0.1) is 5.69 Å². The van der Waals surface area contributed by atoms with E-state index in [4.69, 9.17) is 4.99 Å². The number of rotatable bonds is 6. The van der Waals surface area contributed by atoms with Crippen molar-refractivity contribution in [3.05, 3.63) is 29.6 Å². The standard InChI is InChI=1S/C18H27FN2S/c1-5-6-9-21-16(10-13(2)3)12-22-18(21)20-17-8-7-15(19)11-14(17)4/h7-8,11,13,16H,5-6,9-10,12H2,1-4H3. The third kappa shape index (κ3) is 4.48. The van der Waals surface area contributed by atoms with Crippen molar-refractivity contribution < 1.29 is 4.39 Å². The molecule has 0 N–H and O–H groups in total. The fourth-order valence-electron chi connectivity index (χ4n) is 2.79. The molecular weight excluding hydrogens is 295 g/mol. The van der Waals surface area contributed by atoms with Crippen molar-refractivity contribution in [3.8, 4) is 0 Å². The molecule has 0 aromatic heterocycles. The van der Waals surface area contributed by atoms with Crippen molar-refractivity contribution in [3.63, 3.8) is 0 Å². The smallest absolute Gasteiger partial charge is 0.164 e. The van der Waals surface area contributed by atoms with Crippen molar-refractivity contribution in [1.82, 2.24) is 4.90 Å². The van der Waals surface area contributed by atoms with Crippen LogP contribution in [0.5, 0.6) is 0 Å². The third-order valence-corrected chi connectivity index (χ3v) is 5.10. The normalized spacial score (nSPS) is 20.4. The summed E-state index contributed by atoms with van der Waals surface area (Å²) in [6, 6.07) is 5.41. The van der Waals surface area contributed by atoms with Crippen molar-refractivity contribution >= 4 is 22.6 Å². The quantitative estimate of drug-likeness (QED) is 0.698. The monoisotopic (exact) mass is 322 g/mol. The van der Waals surface area contributed by atoms with Gasteiger partial charge >= 0.3 is 0 Å². The highest BCUT2D eigenvalue weighted by Crippen LogP contribution is 2.31. The zero-order valence-electron chi connectivity index (χ0n) is 14.1. The number of aryl methyl sites for hydroxylation is 1. The Morgan fingerprint density at radius 2 is 2.18 bits per heavy atom. The highest BCUT2D eigenvalue weighted by molar-refractivity contribution is 8.14. The van der Waals surface area contributed by atoms with Gasteiger partial charge in [0, 0.05) is 18.3 Å². The van der Waals surface area contributed by atoms with Gasteiger partial charge < -0.3 is 4.90 Å². The Hall–Kier alpha value is -1.03. The van der Waals surface area contributed by atoms with Gasteiger partial charge in [0.25, 0.3) is 0 Å². The molecule has 0 aliphatic carbocycles. The second-order valence-corrected chi connectivity index (χ2v) is 7.45. The van der Waals surface area contributed by atoms with E-state index < -0.39 is 0 Å². The van der Waals surface area contributed by atoms with Crippen LogP contribution in [-0.2, 0) is 0 Å². The average Bonchev–Trinajstić information content (AvgIpc) is 2.81. The number of nitrogens with zero attached hydrogens (tertiary/aromatic N) is 2. The molecule has 1 aliphatic heterocycles. The largest absolute Gasteiger partial charge is 0.347 e. The van der Waals surface area contributed by atoms with Crippen LogP contribution in [-0.4, -0.2) is 28.4 Å². The number of aliphatic imine (C=N–C) groups is 1. The lowest BCUT2D eigenvalue weighted by atomic mass is 10.0. The molecule has 0 saturated carbocycles. The van der Waals surface area contributed by atoms with Crippen molar-refractivity contribution in [1.29, 1.82) is 0 Å². The van der Waals surface area contributed by atoms with E-state index in [1.165, 1.54) is 25.3 Å². The predicted octanol–water partition coefficient (Wildman–Crippen LogP) is 5.39. The number of halogens is 1. The van der Waals surface area contributed by atoms with Crippen molar-refractivity contribution in [2.24, 2.45) is 10.9 Å². The molecule has 0 radical (unpaired) electrons. The molecule has 2 nitrogen and oxygen atoms in total. The Bertz CT molecular complexity index is 528. The third-order valence-electron chi connectivity index (χ3n) is 3.96. The van der Waals surface area contributed by atoms with Gasteiger partial charge in [-0.25, -0.2) is 9.38 Å². The van der Waals surface area contributed by atoms with Crippen LogP contribution in [0.4, 0.5) is 10.1 Å². The minimum absolute atomic E-state index is 0.193. The molecule has 1 aliphatic rings. The summed E-state index contributed by atoms with van der Waals surface area (Å²) in [5.74, 6) is 1.61. The number of hydrogen-bond donors (Lipinski definition) is 0. The molecule has 1 saturated heterocycles. The molecule has 0 amide bonds. The average molecular weight is 322 g/mol. The molecule has 0 spiro atoms. The fraction of sp³-hybridized carbons (Fsp3) is 0.611. The summed E-state index contributed by atoms with van der Waals surface area (Å²) in [4.78, 5) is 7.30. The maximum Gasteiger partial charge on any atom is 0.164 e.